The fourth-order valence-corrected chi connectivity index (χ4v) is 4.49. The van der Waals surface area contributed by atoms with E-state index < -0.39 is 0 Å². The number of carbonyl (C=O) groups is 1. The zero-order valence-electron chi connectivity index (χ0n) is 20.7. The van der Waals surface area contributed by atoms with Crippen molar-refractivity contribution in [2.75, 3.05) is 34.3 Å². The highest BCUT2D eigenvalue weighted by molar-refractivity contribution is 6.16. The van der Waals surface area contributed by atoms with Crippen LogP contribution in [0.3, 0.4) is 0 Å². The number of aromatic nitrogens is 3. The summed E-state index contributed by atoms with van der Waals surface area (Å²) < 4.78 is 5.78. The number of rotatable bonds is 8. The Kier molecular flexibility index (Phi) is 6.64. The SMILES string of the molecule is COc1ccc2[nH]c3cnc(-c4cccnc4)cc3c2c1-c1ccc(C(=O)NCCCN(C)C)cc1. The Labute approximate surface area is 210 Å². The molecule has 7 nitrogen and oxygen atoms in total. The molecule has 2 aromatic carbocycles. The van der Waals surface area contributed by atoms with Crippen molar-refractivity contribution in [3.8, 4) is 28.1 Å². The summed E-state index contributed by atoms with van der Waals surface area (Å²) >= 11 is 0. The van der Waals surface area contributed by atoms with Crippen LogP contribution in [0, 0.1) is 0 Å². The number of nitrogens with zero attached hydrogens (tertiary/aromatic N) is 3. The van der Waals surface area contributed by atoms with Crippen LogP contribution in [0.25, 0.3) is 44.2 Å². The molecule has 3 heterocycles. The number of fused-ring (bicyclic) bond motifs is 3. The van der Waals surface area contributed by atoms with E-state index in [1.165, 1.54) is 0 Å². The van der Waals surface area contributed by atoms with Gasteiger partial charge in [0.25, 0.3) is 5.91 Å². The highest BCUT2D eigenvalue weighted by Crippen LogP contribution is 2.41. The maximum Gasteiger partial charge on any atom is 0.251 e. The first-order chi connectivity index (χ1) is 17.5. The van der Waals surface area contributed by atoms with Crippen molar-refractivity contribution in [1.82, 2.24) is 25.2 Å². The molecule has 0 unspecified atom stereocenters. The molecule has 0 atom stereocenters. The van der Waals surface area contributed by atoms with Crippen LogP contribution in [0.4, 0.5) is 0 Å². The van der Waals surface area contributed by atoms with Crippen LogP contribution in [-0.2, 0) is 0 Å². The second-order valence-corrected chi connectivity index (χ2v) is 9.04. The quantitative estimate of drug-likeness (QED) is 0.301. The molecular formula is C29H29N5O2. The van der Waals surface area contributed by atoms with Gasteiger partial charge in [-0.15, -0.1) is 0 Å². The second-order valence-electron chi connectivity index (χ2n) is 9.04. The van der Waals surface area contributed by atoms with E-state index in [1.54, 1.807) is 13.3 Å². The van der Waals surface area contributed by atoms with E-state index in [0.717, 1.165) is 62.9 Å². The van der Waals surface area contributed by atoms with Gasteiger partial charge in [-0.3, -0.25) is 14.8 Å². The van der Waals surface area contributed by atoms with Gasteiger partial charge in [0.15, 0.2) is 0 Å². The lowest BCUT2D eigenvalue weighted by Gasteiger charge is -2.12. The van der Waals surface area contributed by atoms with Crippen molar-refractivity contribution in [1.29, 1.82) is 0 Å². The Morgan fingerprint density at radius 3 is 2.58 bits per heavy atom. The zero-order valence-corrected chi connectivity index (χ0v) is 20.7. The van der Waals surface area contributed by atoms with E-state index >= 15 is 0 Å². The number of methoxy groups -OCH3 is 1. The largest absolute Gasteiger partial charge is 0.496 e. The summed E-state index contributed by atoms with van der Waals surface area (Å²) in [6.45, 7) is 1.58. The molecule has 0 aliphatic rings. The summed E-state index contributed by atoms with van der Waals surface area (Å²) in [4.78, 5) is 27.1. The van der Waals surface area contributed by atoms with Gasteiger partial charge in [0.2, 0.25) is 0 Å². The Bertz CT molecular complexity index is 1510. The predicted octanol–water partition coefficient (Wildman–Crippen LogP) is 5.14. The number of amides is 1. The van der Waals surface area contributed by atoms with Crippen LogP contribution < -0.4 is 10.1 Å². The molecule has 36 heavy (non-hydrogen) atoms. The van der Waals surface area contributed by atoms with Crippen LogP contribution in [0.5, 0.6) is 5.75 Å². The van der Waals surface area contributed by atoms with Crippen molar-refractivity contribution in [2.24, 2.45) is 0 Å². The highest BCUT2D eigenvalue weighted by Gasteiger charge is 2.17. The fourth-order valence-electron chi connectivity index (χ4n) is 4.49. The van der Waals surface area contributed by atoms with E-state index in [-0.39, 0.29) is 5.91 Å². The van der Waals surface area contributed by atoms with Crippen molar-refractivity contribution in [2.45, 2.75) is 6.42 Å². The van der Waals surface area contributed by atoms with Gasteiger partial charge in [-0.2, -0.15) is 0 Å². The van der Waals surface area contributed by atoms with Gasteiger partial charge < -0.3 is 19.9 Å². The summed E-state index contributed by atoms with van der Waals surface area (Å²) in [7, 11) is 5.73. The fraction of sp³-hybridized carbons (Fsp3) is 0.207. The lowest BCUT2D eigenvalue weighted by molar-refractivity contribution is 0.0952. The number of H-pyrrole nitrogens is 1. The minimum Gasteiger partial charge on any atom is -0.496 e. The second kappa shape index (κ2) is 10.2. The van der Waals surface area contributed by atoms with Crippen LogP contribution in [-0.4, -0.2) is 60.1 Å². The van der Waals surface area contributed by atoms with Crippen LogP contribution in [0.1, 0.15) is 16.8 Å². The average Bonchev–Trinajstić information content (AvgIpc) is 3.29. The third-order valence-corrected chi connectivity index (χ3v) is 6.29. The molecule has 0 fully saturated rings. The van der Waals surface area contributed by atoms with Gasteiger partial charge in [-0.25, -0.2) is 0 Å². The summed E-state index contributed by atoms with van der Waals surface area (Å²) in [5.41, 5.74) is 6.33. The number of hydrogen-bond acceptors (Lipinski definition) is 5. The Balaban J connectivity index is 1.54. The van der Waals surface area contributed by atoms with Gasteiger partial charge in [-0.05, 0) is 75.1 Å². The topological polar surface area (TPSA) is 83.1 Å². The molecule has 0 radical (unpaired) electrons. The Morgan fingerprint density at radius 2 is 1.86 bits per heavy atom. The molecule has 5 rings (SSSR count). The number of pyridine rings is 2. The normalized spacial score (nSPS) is 11.3. The van der Waals surface area contributed by atoms with Gasteiger partial charge >= 0.3 is 0 Å². The molecule has 1 amide bonds. The van der Waals surface area contributed by atoms with Crippen molar-refractivity contribution >= 4 is 27.7 Å². The molecule has 182 valence electrons. The lowest BCUT2D eigenvalue weighted by atomic mass is 9.97. The molecule has 5 aromatic rings. The monoisotopic (exact) mass is 479 g/mol. The minimum absolute atomic E-state index is 0.0650. The highest BCUT2D eigenvalue weighted by atomic mass is 16.5. The third-order valence-electron chi connectivity index (χ3n) is 6.29. The van der Waals surface area contributed by atoms with E-state index in [4.69, 9.17) is 4.74 Å². The number of benzene rings is 2. The smallest absolute Gasteiger partial charge is 0.251 e. The summed E-state index contributed by atoms with van der Waals surface area (Å²) in [5, 5.41) is 5.11. The number of carbonyl (C=O) groups excluding carboxylic acids is 1. The molecule has 7 heteroatoms. The molecule has 2 N–H and O–H groups in total. The van der Waals surface area contributed by atoms with E-state index in [9.17, 15) is 4.79 Å². The minimum atomic E-state index is -0.0650. The van der Waals surface area contributed by atoms with E-state index in [1.807, 2.05) is 75.0 Å². The molecule has 3 aromatic heterocycles. The molecule has 0 aliphatic carbocycles. The molecule has 0 spiro atoms. The molecule has 0 saturated heterocycles. The van der Waals surface area contributed by atoms with Crippen molar-refractivity contribution in [3.63, 3.8) is 0 Å². The van der Waals surface area contributed by atoms with E-state index in [2.05, 4.69) is 31.2 Å². The van der Waals surface area contributed by atoms with Gasteiger partial charge in [0, 0.05) is 51.9 Å². The Hall–Kier alpha value is -4.23. The summed E-state index contributed by atoms with van der Waals surface area (Å²) in [5.74, 6) is 0.703. The number of hydrogen-bond donors (Lipinski definition) is 2. The van der Waals surface area contributed by atoms with Gasteiger partial charge in [-0.1, -0.05) is 12.1 Å². The van der Waals surface area contributed by atoms with Gasteiger partial charge in [0.05, 0.1) is 24.5 Å². The first-order valence-corrected chi connectivity index (χ1v) is 12.0. The van der Waals surface area contributed by atoms with Crippen LogP contribution >= 0.6 is 0 Å². The molecule has 0 aliphatic heterocycles. The maximum atomic E-state index is 12.6. The molecule has 0 bridgehead atoms. The number of ether oxygens (including phenoxy) is 1. The zero-order chi connectivity index (χ0) is 25.1. The van der Waals surface area contributed by atoms with Gasteiger partial charge in [0.1, 0.15) is 5.75 Å². The molecule has 0 saturated carbocycles. The van der Waals surface area contributed by atoms with E-state index in [0.29, 0.717) is 12.1 Å². The number of nitrogens with one attached hydrogen (secondary N) is 2. The van der Waals surface area contributed by atoms with Crippen molar-refractivity contribution in [3.05, 3.63) is 78.8 Å². The lowest BCUT2D eigenvalue weighted by Crippen LogP contribution is -2.27. The standard InChI is InChI=1S/C29H29N5O2/c1-34(2)15-5-14-31-29(35)20-9-7-19(8-10-20)27-26(36-3)12-11-23-28(27)22-16-24(32-18-25(22)33-23)21-6-4-13-30-17-21/h4,6-13,16-18,33H,5,14-15H2,1-3H3,(H,31,35). The van der Waals surface area contributed by atoms with Crippen LogP contribution in [0.15, 0.2) is 73.2 Å². The number of aromatic amines is 1. The van der Waals surface area contributed by atoms with Crippen LogP contribution in [0.2, 0.25) is 0 Å². The predicted molar refractivity (Wildman–Crippen MR) is 144 cm³/mol. The summed E-state index contributed by atoms with van der Waals surface area (Å²) in [6, 6.07) is 17.7. The third kappa shape index (κ3) is 4.65. The van der Waals surface area contributed by atoms with Crippen molar-refractivity contribution < 1.29 is 9.53 Å². The first-order valence-electron chi connectivity index (χ1n) is 12.0. The molecular weight excluding hydrogens is 450 g/mol. The average molecular weight is 480 g/mol. The first kappa shape index (κ1) is 23.5. The maximum absolute atomic E-state index is 12.6. The summed E-state index contributed by atoms with van der Waals surface area (Å²) in [6.07, 6.45) is 6.34. The Morgan fingerprint density at radius 1 is 1.03 bits per heavy atom.